The first-order valence-electron chi connectivity index (χ1n) is 7.63. The third-order valence-electron chi connectivity index (χ3n) is 4.12. The number of methoxy groups -OCH3 is 1. The quantitative estimate of drug-likeness (QED) is 0.529. The number of ether oxygens (including phenoxy) is 1. The van der Waals surface area contributed by atoms with Crippen molar-refractivity contribution in [3.63, 3.8) is 0 Å². The predicted molar refractivity (Wildman–Crippen MR) is 97.7 cm³/mol. The summed E-state index contributed by atoms with van der Waals surface area (Å²) < 4.78 is 9.20. The highest BCUT2D eigenvalue weighted by atomic mass is 32.2. The van der Waals surface area contributed by atoms with Crippen LogP contribution in [0.3, 0.4) is 0 Å². The van der Waals surface area contributed by atoms with E-state index in [4.69, 9.17) is 4.74 Å². The summed E-state index contributed by atoms with van der Waals surface area (Å²) in [6.45, 7) is 0. The van der Waals surface area contributed by atoms with Crippen molar-refractivity contribution in [2.45, 2.75) is 5.03 Å². The van der Waals surface area contributed by atoms with Crippen LogP contribution < -0.4 is 16.1 Å². The molecule has 4 aromatic rings. The average molecular weight is 353 g/mol. The lowest BCUT2D eigenvalue weighted by molar-refractivity contribution is 0.415. The molecule has 0 aliphatic heterocycles. The van der Waals surface area contributed by atoms with Gasteiger partial charge in [-0.2, -0.15) is 9.03 Å². The number of nitrogens with zero attached hydrogens (tertiary/aromatic N) is 3. The summed E-state index contributed by atoms with van der Waals surface area (Å²) in [5, 5.41) is 0.752. The topological polar surface area (TPSA) is 57.1 Å². The van der Waals surface area contributed by atoms with Crippen LogP contribution in [0.25, 0.3) is 16.9 Å². The van der Waals surface area contributed by atoms with E-state index in [0.29, 0.717) is 5.69 Å². The van der Waals surface area contributed by atoms with Gasteiger partial charge in [0.2, 0.25) is 0 Å². The predicted octanol–water partition coefficient (Wildman–Crippen LogP) is 2.39. The summed E-state index contributed by atoms with van der Waals surface area (Å²) in [6, 6.07) is 16.4. The maximum Gasteiger partial charge on any atom is 0.357 e. The van der Waals surface area contributed by atoms with Gasteiger partial charge in [-0.3, -0.25) is 0 Å². The van der Waals surface area contributed by atoms with Crippen LogP contribution in [-0.2, 0) is 0 Å². The van der Waals surface area contributed by atoms with Crippen LogP contribution >= 0.6 is 11.8 Å². The van der Waals surface area contributed by atoms with E-state index in [2.05, 4.69) is 0 Å². The molecule has 0 saturated carbocycles. The Hall–Kier alpha value is -2.93. The SMILES string of the molecule is COc1ccc(-c2c(SC)n3c(=O)n(-c4ccccc4)c(=O)n23)cc1. The Balaban J connectivity index is 1.98. The minimum absolute atomic E-state index is 0.363. The highest BCUT2D eigenvalue weighted by Crippen LogP contribution is 2.32. The fourth-order valence-corrected chi connectivity index (χ4v) is 3.67. The fourth-order valence-electron chi connectivity index (χ4n) is 2.94. The van der Waals surface area contributed by atoms with Crippen molar-refractivity contribution in [2.24, 2.45) is 0 Å². The van der Waals surface area contributed by atoms with E-state index >= 15 is 0 Å². The molecule has 0 unspecified atom stereocenters. The first kappa shape index (κ1) is 15.6. The smallest absolute Gasteiger partial charge is 0.357 e. The standard InChI is InChI=1S/C18H15N3O3S/c1-24-14-10-8-12(9-11-14)15-16(25-2)21-18(23)19(17(22)20(15)21)13-6-4-3-5-7-13/h3-11H,1-2H3. The van der Waals surface area contributed by atoms with E-state index in [1.165, 1.54) is 25.4 Å². The Morgan fingerprint density at radius 1 is 0.880 bits per heavy atom. The van der Waals surface area contributed by atoms with E-state index in [1.807, 2.05) is 36.6 Å². The van der Waals surface area contributed by atoms with Crippen LogP contribution in [0, 0.1) is 0 Å². The minimum atomic E-state index is -0.375. The number of para-hydroxylation sites is 1. The van der Waals surface area contributed by atoms with Crippen molar-refractivity contribution in [3.8, 4) is 22.7 Å². The van der Waals surface area contributed by atoms with E-state index < -0.39 is 0 Å². The number of fused-ring (bicyclic) bond motifs is 1. The number of benzene rings is 2. The van der Waals surface area contributed by atoms with Gasteiger partial charge < -0.3 is 4.74 Å². The van der Waals surface area contributed by atoms with Crippen molar-refractivity contribution < 1.29 is 4.74 Å². The highest BCUT2D eigenvalue weighted by Gasteiger charge is 2.26. The van der Waals surface area contributed by atoms with E-state index in [9.17, 15) is 9.59 Å². The third-order valence-corrected chi connectivity index (χ3v) is 4.88. The van der Waals surface area contributed by atoms with Crippen molar-refractivity contribution in [1.29, 1.82) is 0 Å². The number of rotatable bonds is 4. The van der Waals surface area contributed by atoms with Crippen LogP contribution in [0.4, 0.5) is 0 Å². The molecule has 2 aromatic carbocycles. The Labute approximate surface area is 147 Å². The minimum Gasteiger partial charge on any atom is -0.497 e. The zero-order valence-corrected chi connectivity index (χ0v) is 14.5. The zero-order chi connectivity index (χ0) is 17.6. The van der Waals surface area contributed by atoms with Crippen molar-refractivity contribution in [1.82, 2.24) is 13.6 Å². The summed E-state index contributed by atoms with van der Waals surface area (Å²) in [5.74, 6) is 0.737. The van der Waals surface area contributed by atoms with Crippen LogP contribution in [0.2, 0.25) is 0 Å². The average Bonchev–Trinajstić information content (AvgIpc) is 2.83. The number of thioether (sulfide) groups is 1. The van der Waals surface area contributed by atoms with E-state index in [-0.39, 0.29) is 11.4 Å². The second-order valence-electron chi connectivity index (χ2n) is 5.45. The second kappa shape index (κ2) is 5.86. The van der Waals surface area contributed by atoms with Gasteiger partial charge in [0.15, 0.2) is 0 Å². The molecule has 0 atom stereocenters. The molecule has 0 amide bonds. The Morgan fingerprint density at radius 3 is 2.12 bits per heavy atom. The summed E-state index contributed by atoms with van der Waals surface area (Å²) in [7, 11) is 1.60. The van der Waals surface area contributed by atoms with Gasteiger partial charge >= 0.3 is 11.4 Å². The van der Waals surface area contributed by atoms with Gasteiger partial charge in [-0.05, 0) is 42.7 Å². The lowest BCUT2D eigenvalue weighted by atomic mass is 10.1. The maximum atomic E-state index is 12.9. The second-order valence-corrected chi connectivity index (χ2v) is 6.24. The molecule has 0 fully saturated rings. The summed E-state index contributed by atoms with van der Waals surface area (Å²) in [6.07, 6.45) is 1.89. The van der Waals surface area contributed by atoms with Crippen LogP contribution in [0.15, 0.2) is 69.2 Å². The molecular formula is C18H15N3O3S. The third kappa shape index (κ3) is 2.20. The molecule has 0 aliphatic rings. The Kier molecular flexibility index (Phi) is 3.65. The summed E-state index contributed by atoms with van der Waals surface area (Å²) in [5.41, 5.74) is 1.41. The van der Waals surface area contributed by atoms with Gasteiger partial charge in [0.05, 0.1) is 12.8 Å². The van der Waals surface area contributed by atoms with Crippen LogP contribution in [-0.4, -0.2) is 27.0 Å². The van der Waals surface area contributed by atoms with Gasteiger partial charge in [-0.1, -0.05) is 18.2 Å². The molecule has 0 spiro atoms. The molecule has 7 heteroatoms. The Morgan fingerprint density at radius 2 is 1.52 bits per heavy atom. The molecule has 4 rings (SSSR count). The van der Waals surface area contributed by atoms with Crippen molar-refractivity contribution >= 4 is 11.8 Å². The Bertz CT molecular complexity index is 1140. The molecule has 0 saturated heterocycles. The number of aromatic nitrogens is 3. The zero-order valence-electron chi connectivity index (χ0n) is 13.7. The summed E-state index contributed by atoms with van der Waals surface area (Å²) in [4.78, 5) is 25.6. The molecule has 2 heterocycles. The van der Waals surface area contributed by atoms with Gasteiger partial charge in [0.25, 0.3) is 0 Å². The first-order valence-corrected chi connectivity index (χ1v) is 8.86. The van der Waals surface area contributed by atoms with Crippen molar-refractivity contribution in [2.75, 3.05) is 13.4 Å². The monoisotopic (exact) mass is 353 g/mol. The molecule has 0 radical (unpaired) electrons. The number of hydrogen-bond acceptors (Lipinski definition) is 4. The van der Waals surface area contributed by atoms with Gasteiger partial charge in [0.1, 0.15) is 16.5 Å². The summed E-state index contributed by atoms with van der Waals surface area (Å²) >= 11 is 1.44. The molecule has 0 bridgehead atoms. The van der Waals surface area contributed by atoms with E-state index in [1.54, 1.807) is 31.4 Å². The molecule has 2 aromatic heterocycles. The highest BCUT2D eigenvalue weighted by molar-refractivity contribution is 7.98. The fraction of sp³-hybridized carbons (Fsp3) is 0.111. The normalized spacial score (nSPS) is 11.3. The van der Waals surface area contributed by atoms with Crippen molar-refractivity contribution in [3.05, 3.63) is 75.6 Å². The lowest BCUT2D eigenvalue weighted by Gasteiger charge is -2.16. The van der Waals surface area contributed by atoms with Crippen LogP contribution in [0.1, 0.15) is 0 Å². The molecule has 126 valence electrons. The molecule has 0 aliphatic carbocycles. The largest absolute Gasteiger partial charge is 0.497 e. The molecule has 0 N–H and O–H groups in total. The molecular weight excluding hydrogens is 338 g/mol. The van der Waals surface area contributed by atoms with Gasteiger partial charge in [-0.15, -0.1) is 11.8 Å². The number of hydrogen-bond donors (Lipinski definition) is 0. The first-order chi connectivity index (χ1) is 12.2. The molecule has 25 heavy (non-hydrogen) atoms. The van der Waals surface area contributed by atoms with Gasteiger partial charge in [0, 0.05) is 5.56 Å². The maximum absolute atomic E-state index is 12.9. The van der Waals surface area contributed by atoms with Gasteiger partial charge in [-0.25, -0.2) is 14.2 Å². The molecule has 6 nitrogen and oxygen atoms in total. The lowest BCUT2D eigenvalue weighted by Crippen LogP contribution is -2.25. The van der Waals surface area contributed by atoms with Crippen LogP contribution in [0.5, 0.6) is 5.75 Å². The van der Waals surface area contributed by atoms with E-state index in [0.717, 1.165) is 22.0 Å².